The van der Waals surface area contributed by atoms with Crippen molar-refractivity contribution in [2.45, 2.75) is 91.5 Å². The first kappa shape index (κ1) is 18.8. The van der Waals surface area contributed by atoms with E-state index in [0.29, 0.717) is 18.4 Å². The standard InChI is InChI=1S/C16H33F2N/c1-6-15(4,5)10-8-7-9-11-16(17,18)12-13-19-14(2)3/h14,19H,6-13H2,1-5H3. The van der Waals surface area contributed by atoms with Gasteiger partial charge in [0.1, 0.15) is 0 Å². The summed E-state index contributed by atoms with van der Waals surface area (Å²) in [5.74, 6) is -2.50. The monoisotopic (exact) mass is 277 g/mol. The molecular weight excluding hydrogens is 244 g/mol. The van der Waals surface area contributed by atoms with E-state index in [9.17, 15) is 8.78 Å². The summed E-state index contributed by atoms with van der Waals surface area (Å²) in [5, 5.41) is 3.05. The predicted octanol–water partition coefficient (Wildman–Crippen LogP) is 5.40. The third kappa shape index (κ3) is 11.4. The summed E-state index contributed by atoms with van der Waals surface area (Å²) in [4.78, 5) is 0. The van der Waals surface area contributed by atoms with Gasteiger partial charge in [0, 0.05) is 25.4 Å². The van der Waals surface area contributed by atoms with Gasteiger partial charge in [-0.05, 0) is 18.3 Å². The van der Waals surface area contributed by atoms with Crippen molar-refractivity contribution < 1.29 is 8.78 Å². The van der Waals surface area contributed by atoms with Gasteiger partial charge < -0.3 is 5.32 Å². The summed E-state index contributed by atoms with van der Waals surface area (Å²) in [6.45, 7) is 11.1. The Balaban J connectivity index is 3.63. The molecule has 0 saturated carbocycles. The Labute approximate surface area is 118 Å². The van der Waals surface area contributed by atoms with Crippen LogP contribution in [0.5, 0.6) is 0 Å². The lowest BCUT2D eigenvalue weighted by Crippen LogP contribution is -2.29. The van der Waals surface area contributed by atoms with Crippen molar-refractivity contribution in [1.29, 1.82) is 0 Å². The molecule has 116 valence electrons. The van der Waals surface area contributed by atoms with Gasteiger partial charge in [0.2, 0.25) is 5.92 Å². The fourth-order valence-electron chi connectivity index (χ4n) is 2.01. The zero-order chi connectivity index (χ0) is 14.9. The summed E-state index contributed by atoms with van der Waals surface area (Å²) in [6.07, 6.45) is 4.95. The van der Waals surface area contributed by atoms with Crippen LogP contribution in [0, 0.1) is 5.41 Å². The maximum absolute atomic E-state index is 13.6. The largest absolute Gasteiger partial charge is 0.314 e. The molecule has 0 unspecified atom stereocenters. The fourth-order valence-corrected chi connectivity index (χ4v) is 2.01. The molecule has 0 rings (SSSR count). The Morgan fingerprint density at radius 1 is 0.947 bits per heavy atom. The van der Waals surface area contributed by atoms with Crippen molar-refractivity contribution in [1.82, 2.24) is 5.32 Å². The van der Waals surface area contributed by atoms with Crippen LogP contribution in [-0.2, 0) is 0 Å². The topological polar surface area (TPSA) is 12.0 Å². The lowest BCUT2D eigenvalue weighted by atomic mass is 9.84. The van der Waals surface area contributed by atoms with Crippen LogP contribution in [0.3, 0.4) is 0 Å². The quantitative estimate of drug-likeness (QED) is 0.499. The smallest absolute Gasteiger partial charge is 0.249 e. The Hall–Kier alpha value is -0.180. The Kier molecular flexibility index (Phi) is 8.80. The normalized spacial score (nSPS) is 13.3. The molecule has 0 aliphatic rings. The van der Waals surface area contributed by atoms with E-state index in [-0.39, 0.29) is 18.9 Å². The van der Waals surface area contributed by atoms with Crippen molar-refractivity contribution in [3.8, 4) is 0 Å². The molecule has 0 atom stereocenters. The highest BCUT2D eigenvalue weighted by molar-refractivity contribution is 4.70. The van der Waals surface area contributed by atoms with Crippen molar-refractivity contribution >= 4 is 0 Å². The van der Waals surface area contributed by atoms with Crippen LogP contribution in [-0.4, -0.2) is 18.5 Å². The predicted molar refractivity (Wildman–Crippen MR) is 79.9 cm³/mol. The van der Waals surface area contributed by atoms with E-state index in [2.05, 4.69) is 26.1 Å². The molecule has 3 heteroatoms. The molecular formula is C16H33F2N. The van der Waals surface area contributed by atoms with Crippen LogP contribution in [0.4, 0.5) is 8.78 Å². The second-order valence-corrected chi connectivity index (χ2v) is 6.79. The minimum atomic E-state index is -2.50. The molecule has 0 bridgehead atoms. The highest BCUT2D eigenvalue weighted by atomic mass is 19.3. The minimum Gasteiger partial charge on any atom is -0.314 e. The second kappa shape index (κ2) is 8.89. The molecule has 1 nitrogen and oxygen atoms in total. The molecule has 0 fully saturated rings. The van der Waals surface area contributed by atoms with Crippen LogP contribution in [0.2, 0.25) is 0 Å². The van der Waals surface area contributed by atoms with E-state index in [4.69, 9.17) is 0 Å². The number of nitrogens with one attached hydrogen (secondary N) is 1. The van der Waals surface area contributed by atoms with Gasteiger partial charge in [-0.2, -0.15) is 0 Å². The van der Waals surface area contributed by atoms with Crippen LogP contribution in [0.25, 0.3) is 0 Å². The molecule has 1 N–H and O–H groups in total. The van der Waals surface area contributed by atoms with Crippen LogP contribution < -0.4 is 5.32 Å². The molecule has 0 spiro atoms. The lowest BCUT2D eigenvalue weighted by Gasteiger charge is -2.22. The third-order valence-corrected chi connectivity index (χ3v) is 3.90. The summed E-state index contributed by atoms with van der Waals surface area (Å²) < 4.78 is 27.1. The maximum atomic E-state index is 13.6. The Bertz CT molecular complexity index is 225. The van der Waals surface area contributed by atoms with Gasteiger partial charge in [0.15, 0.2) is 0 Å². The molecule has 0 aromatic rings. The zero-order valence-electron chi connectivity index (χ0n) is 13.5. The number of unbranched alkanes of at least 4 members (excludes halogenated alkanes) is 2. The lowest BCUT2D eigenvalue weighted by molar-refractivity contribution is -0.0182. The van der Waals surface area contributed by atoms with Crippen molar-refractivity contribution in [2.75, 3.05) is 6.54 Å². The SMILES string of the molecule is CCC(C)(C)CCCCCC(F)(F)CCNC(C)C. The summed E-state index contributed by atoms with van der Waals surface area (Å²) in [5.41, 5.74) is 0.365. The highest BCUT2D eigenvalue weighted by Crippen LogP contribution is 2.29. The van der Waals surface area contributed by atoms with E-state index >= 15 is 0 Å². The van der Waals surface area contributed by atoms with Gasteiger partial charge in [-0.15, -0.1) is 0 Å². The summed E-state index contributed by atoms with van der Waals surface area (Å²) in [6, 6.07) is 0.284. The number of hydrogen-bond acceptors (Lipinski definition) is 1. The molecule has 0 aromatic heterocycles. The van der Waals surface area contributed by atoms with E-state index in [1.54, 1.807) is 0 Å². The Morgan fingerprint density at radius 3 is 2.05 bits per heavy atom. The molecule has 0 aromatic carbocycles. The number of halogens is 2. The van der Waals surface area contributed by atoms with Crippen molar-refractivity contribution in [3.05, 3.63) is 0 Å². The van der Waals surface area contributed by atoms with Gasteiger partial charge in [-0.1, -0.05) is 53.9 Å². The van der Waals surface area contributed by atoms with Crippen LogP contribution in [0.15, 0.2) is 0 Å². The Morgan fingerprint density at radius 2 is 1.53 bits per heavy atom. The van der Waals surface area contributed by atoms with Crippen molar-refractivity contribution in [2.24, 2.45) is 5.41 Å². The number of hydrogen-bond donors (Lipinski definition) is 1. The second-order valence-electron chi connectivity index (χ2n) is 6.79. The summed E-state index contributed by atoms with van der Waals surface area (Å²) in [7, 11) is 0. The van der Waals surface area contributed by atoms with Crippen LogP contribution in [0.1, 0.15) is 79.6 Å². The first-order valence-corrected chi connectivity index (χ1v) is 7.80. The molecule has 0 saturated heterocycles. The first-order valence-electron chi connectivity index (χ1n) is 7.80. The van der Waals surface area contributed by atoms with Gasteiger partial charge in [0.25, 0.3) is 0 Å². The van der Waals surface area contributed by atoms with E-state index in [1.807, 2.05) is 13.8 Å². The average Bonchev–Trinajstić information content (AvgIpc) is 2.27. The summed E-state index contributed by atoms with van der Waals surface area (Å²) >= 11 is 0. The maximum Gasteiger partial charge on any atom is 0.249 e. The average molecular weight is 277 g/mol. The molecule has 19 heavy (non-hydrogen) atoms. The minimum absolute atomic E-state index is 0.0361. The van der Waals surface area contributed by atoms with E-state index in [1.165, 1.54) is 0 Å². The van der Waals surface area contributed by atoms with Gasteiger partial charge in [0.05, 0.1) is 0 Å². The zero-order valence-corrected chi connectivity index (χ0v) is 13.5. The van der Waals surface area contributed by atoms with E-state index < -0.39 is 5.92 Å². The molecule has 0 amide bonds. The number of alkyl halides is 2. The van der Waals surface area contributed by atoms with Crippen LogP contribution >= 0.6 is 0 Å². The van der Waals surface area contributed by atoms with E-state index in [0.717, 1.165) is 25.7 Å². The van der Waals surface area contributed by atoms with Gasteiger partial charge >= 0.3 is 0 Å². The highest BCUT2D eigenvalue weighted by Gasteiger charge is 2.27. The molecule has 0 radical (unpaired) electrons. The number of rotatable bonds is 11. The molecule has 0 heterocycles. The van der Waals surface area contributed by atoms with Gasteiger partial charge in [-0.3, -0.25) is 0 Å². The molecule has 0 aliphatic carbocycles. The molecule has 0 aliphatic heterocycles. The van der Waals surface area contributed by atoms with Gasteiger partial charge in [-0.25, -0.2) is 8.78 Å². The first-order chi connectivity index (χ1) is 8.68. The third-order valence-electron chi connectivity index (χ3n) is 3.90. The fraction of sp³-hybridized carbons (Fsp3) is 1.00. The van der Waals surface area contributed by atoms with Crippen molar-refractivity contribution in [3.63, 3.8) is 0 Å².